The predicted octanol–water partition coefficient (Wildman–Crippen LogP) is 5.33. The number of anilines is 1. The van der Waals surface area contributed by atoms with Crippen LogP contribution in [0.1, 0.15) is 30.9 Å². The van der Waals surface area contributed by atoms with Crippen LogP contribution in [0.4, 0.5) is 5.69 Å². The lowest BCUT2D eigenvalue weighted by atomic mass is 10.0. The van der Waals surface area contributed by atoms with E-state index < -0.39 is 0 Å². The summed E-state index contributed by atoms with van der Waals surface area (Å²) >= 11 is 6.23. The highest BCUT2D eigenvalue weighted by Gasteiger charge is 2.16. The van der Waals surface area contributed by atoms with Gasteiger partial charge in [0.25, 0.3) is 0 Å². The molecule has 140 valence electrons. The Morgan fingerprint density at radius 3 is 2.41 bits per heavy atom. The van der Waals surface area contributed by atoms with E-state index in [1.165, 1.54) is 25.1 Å². The maximum Gasteiger partial charge on any atom is 0.0998 e. The number of hydrogen-bond acceptors (Lipinski definition) is 3. The first-order valence-electron chi connectivity index (χ1n) is 9.65. The Morgan fingerprint density at radius 2 is 1.78 bits per heavy atom. The van der Waals surface area contributed by atoms with Crippen molar-refractivity contribution in [2.24, 2.45) is 0 Å². The SMILES string of the molecule is CCCCN1CCN(c2ccc(/C=C(\C#N)c3ccccc3Cl)cc2)CC1. The molecule has 2 aromatic rings. The van der Waals surface area contributed by atoms with Crippen molar-refractivity contribution in [2.75, 3.05) is 37.6 Å². The third-order valence-corrected chi connectivity index (χ3v) is 5.38. The van der Waals surface area contributed by atoms with Gasteiger partial charge in [-0.1, -0.05) is 55.3 Å². The number of benzene rings is 2. The number of rotatable bonds is 6. The maximum atomic E-state index is 9.52. The third-order valence-electron chi connectivity index (χ3n) is 5.05. The summed E-state index contributed by atoms with van der Waals surface area (Å²) in [6.45, 7) is 7.87. The van der Waals surface area contributed by atoms with Gasteiger partial charge in [0.05, 0.1) is 11.6 Å². The zero-order valence-corrected chi connectivity index (χ0v) is 16.6. The second-order valence-corrected chi connectivity index (χ2v) is 7.33. The molecule has 0 spiro atoms. The highest BCUT2D eigenvalue weighted by Crippen LogP contribution is 2.26. The van der Waals surface area contributed by atoms with Crippen LogP contribution in [0.25, 0.3) is 11.6 Å². The van der Waals surface area contributed by atoms with E-state index >= 15 is 0 Å². The van der Waals surface area contributed by atoms with Gasteiger partial charge < -0.3 is 4.90 Å². The summed E-state index contributed by atoms with van der Waals surface area (Å²) in [6.07, 6.45) is 4.44. The second kappa shape index (κ2) is 9.60. The van der Waals surface area contributed by atoms with E-state index in [-0.39, 0.29) is 0 Å². The first kappa shape index (κ1) is 19.5. The Labute approximate surface area is 167 Å². The molecule has 1 aliphatic heterocycles. The molecule has 2 aromatic carbocycles. The average Bonchev–Trinajstić information content (AvgIpc) is 2.72. The van der Waals surface area contributed by atoms with Crippen molar-refractivity contribution < 1.29 is 0 Å². The third kappa shape index (κ3) is 5.13. The Morgan fingerprint density at radius 1 is 1.07 bits per heavy atom. The monoisotopic (exact) mass is 379 g/mol. The summed E-state index contributed by atoms with van der Waals surface area (Å²) in [7, 11) is 0. The molecule has 0 bridgehead atoms. The molecule has 1 aliphatic rings. The number of piperazine rings is 1. The fraction of sp³-hybridized carbons (Fsp3) is 0.348. The summed E-state index contributed by atoms with van der Waals surface area (Å²) in [5.41, 5.74) is 3.61. The van der Waals surface area contributed by atoms with Gasteiger partial charge in [-0.3, -0.25) is 4.90 Å². The molecule has 3 rings (SSSR count). The number of nitriles is 1. The molecule has 0 atom stereocenters. The molecule has 0 aromatic heterocycles. The lowest BCUT2D eigenvalue weighted by Gasteiger charge is -2.36. The molecular formula is C23H26ClN3. The van der Waals surface area contributed by atoms with Gasteiger partial charge in [-0.15, -0.1) is 0 Å². The molecule has 27 heavy (non-hydrogen) atoms. The zero-order valence-electron chi connectivity index (χ0n) is 15.9. The van der Waals surface area contributed by atoms with E-state index in [0.29, 0.717) is 10.6 Å². The Hall–Kier alpha value is -2.28. The zero-order chi connectivity index (χ0) is 19.1. The number of allylic oxidation sites excluding steroid dienone is 1. The Balaban J connectivity index is 1.67. The summed E-state index contributed by atoms with van der Waals surface area (Å²) in [4.78, 5) is 5.00. The minimum Gasteiger partial charge on any atom is -0.369 e. The summed E-state index contributed by atoms with van der Waals surface area (Å²) < 4.78 is 0. The molecule has 0 radical (unpaired) electrons. The van der Waals surface area contributed by atoms with Crippen LogP contribution >= 0.6 is 11.6 Å². The van der Waals surface area contributed by atoms with Crippen LogP contribution in [-0.2, 0) is 0 Å². The Kier molecular flexibility index (Phi) is 6.92. The molecule has 4 heteroatoms. The van der Waals surface area contributed by atoms with Crippen molar-refractivity contribution in [2.45, 2.75) is 19.8 Å². The molecular weight excluding hydrogens is 354 g/mol. The Bertz CT molecular complexity index is 812. The van der Waals surface area contributed by atoms with E-state index in [1.54, 1.807) is 0 Å². The van der Waals surface area contributed by atoms with Gasteiger partial charge >= 0.3 is 0 Å². The van der Waals surface area contributed by atoms with Gasteiger partial charge in [0.15, 0.2) is 0 Å². The molecule has 3 nitrogen and oxygen atoms in total. The van der Waals surface area contributed by atoms with Gasteiger partial charge in [-0.2, -0.15) is 5.26 Å². The first-order valence-corrected chi connectivity index (χ1v) is 10.0. The van der Waals surface area contributed by atoms with Gasteiger partial charge in [0, 0.05) is 42.5 Å². The smallest absolute Gasteiger partial charge is 0.0998 e. The van der Waals surface area contributed by atoms with Gasteiger partial charge in [0.1, 0.15) is 0 Å². The van der Waals surface area contributed by atoms with Crippen molar-refractivity contribution in [3.05, 3.63) is 64.7 Å². The minimum absolute atomic E-state index is 0.581. The van der Waals surface area contributed by atoms with E-state index in [4.69, 9.17) is 11.6 Å². The number of hydrogen-bond donors (Lipinski definition) is 0. The topological polar surface area (TPSA) is 30.3 Å². The van der Waals surface area contributed by atoms with Gasteiger partial charge in [-0.05, 0) is 42.8 Å². The van der Waals surface area contributed by atoms with Crippen molar-refractivity contribution >= 4 is 28.9 Å². The summed E-state index contributed by atoms with van der Waals surface area (Å²) in [5, 5.41) is 10.1. The lowest BCUT2D eigenvalue weighted by molar-refractivity contribution is 0.254. The first-order chi connectivity index (χ1) is 13.2. The molecule has 0 saturated carbocycles. The quantitative estimate of drug-likeness (QED) is 0.502. The van der Waals surface area contributed by atoms with Crippen molar-refractivity contribution in [3.63, 3.8) is 0 Å². The normalized spacial score (nSPS) is 15.6. The molecule has 1 fully saturated rings. The van der Waals surface area contributed by atoms with E-state index in [1.807, 2.05) is 30.3 Å². The van der Waals surface area contributed by atoms with Crippen LogP contribution in [0.3, 0.4) is 0 Å². The largest absolute Gasteiger partial charge is 0.369 e. The number of halogens is 1. The molecule has 0 N–H and O–H groups in total. The van der Waals surface area contributed by atoms with E-state index in [2.05, 4.69) is 47.1 Å². The highest BCUT2D eigenvalue weighted by atomic mass is 35.5. The second-order valence-electron chi connectivity index (χ2n) is 6.92. The minimum atomic E-state index is 0.581. The van der Waals surface area contributed by atoms with Gasteiger partial charge in [-0.25, -0.2) is 0 Å². The van der Waals surface area contributed by atoms with Crippen LogP contribution in [-0.4, -0.2) is 37.6 Å². The van der Waals surface area contributed by atoms with E-state index in [0.717, 1.165) is 37.3 Å². The molecule has 0 unspecified atom stereocenters. The molecule has 0 amide bonds. The molecule has 1 heterocycles. The fourth-order valence-electron chi connectivity index (χ4n) is 3.41. The van der Waals surface area contributed by atoms with Crippen molar-refractivity contribution in [1.29, 1.82) is 5.26 Å². The number of unbranched alkanes of at least 4 members (excludes halogenated alkanes) is 1. The van der Waals surface area contributed by atoms with Crippen LogP contribution < -0.4 is 4.90 Å². The standard InChI is InChI=1S/C23H26ClN3/c1-2-3-12-26-13-15-27(16-14-26)21-10-8-19(9-11-21)17-20(18-25)22-6-4-5-7-23(22)24/h4-11,17H,2-3,12-16H2,1H3/b20-17+. The van der Waals surface area contributed by atoms with Crippen LogP contribution in [0, 0.1) is 11.3 Å². The maximum absolute atomic E-state index is 9.52. The van der Waals surface area contributed by atoms with Crippen LogP contribution in [0.2, 0.25) is 5.02 Å². The number of nitrogens with zero attached hydrogens (tertiary/aromatic N) is 3. The van der Waals surface area contributed by atoms with Crippen molar-refractivity contribution in [3.8, 4) is 6.07 Å². The van der Waals surface area contributed by atoms with Gasteiger partial charge in [0.2, 0.25) is 0 Å². The average molecular weight is 380 g/mol. The van der Waals surface area contributed by atoms with Crippen LogP contribution in [0.5, 0.6) is 0 Å². The highest BCUT2D eigenvalue weighted by molar-refractivity contribution is 6.32. The van der Waals surface area contributed by atoms with Crippen molar-refractivity contribution in [1.82, 2.24) is 4.90 Å². The molecule has 0 aliphatic carbocycles. The summed E-state index contributed by atoms with van der Waals surface area (Å²) in [6, 6.07) is 18.2. The predicted molar refractivity (Wildman–Crippen MR) is 115 cm³/mol. The van der Waals surface area contributed by atoms with Crippen LogP contribution in [0.15, 0.2) is 48.5 Å². The van der Waals surface area contributed by atoms with E-state index in [9.17, 15) is 5.26 Å². The fourth-order valence-corrected chi connectivity index (χ4v) is 3.65. The molecule has 1 saturated heterocycles. The lowest BCUT2D eigenvalue weighted by Crippen LogP contribution is -2.46. The summed E-state index contributed by atoms with van der Waals surface area (Å²) in [5.74, 6) is 0.